The number of rotatable bonds is 6. The summed E-state index contributed by atoms with van der Waals surface area (Å²) in [6.45, 7) is 0.127. The van der Waals surface area contributed by atoms with Crippen molar-refractivity contribution in [3.63, 3.8) is 0 Å². The zero-order chi connectivity index (χ0) is 15.0. The first-order valence-electron chi connectivity index (χ1n) is 5.90. The summed E-state index contributed by atoms with van der Waals surface area (Å²) >= 11 is 0. The van der Waals surface area contributed by atoms with Crippen LogP contribution in [-0.4, -0.2) is 39.9 Å². The van der Waals surface area contributed by atoms with E-state index in [9.17, 15) is 9.59 Å². The molecule has 0 aromatic heterocycles. The molecule has 7 nitrogen and oxygen atoms in total. The molecule has 2 amide bonds. The maximum Gasteiger partial charge on any atom is 0.325 e. The van der Waals surface area contributed by atoms with Gasteiger partial charge in [-0.25, -0.2) is 4.79 Å². The molecule has 0 atom stereocenters. The summed E-state index contributed by atoms with van der Waals surface area (Å²) in [7, 11) is 4.35. The van der Waals surface area contributed by atoms with Crippen molar-refractivity contribution in [3.05, 3.63) is 23.8 Å². The van der Waals surface area contributed by atoms with Crippen LogP contribution in [0, 0.1) is 0 Å². The Balaban J connectivity index is 2.49. The first-order valence-corrected chi connectivity index (χ1v) is 5.90. The standard InChI is InChI=1S/C13H18N2O5/c1-18-10-5-4-9(6-11(10)19-2)7-14-13(17)15-8-12(16)20-3/h4-6H,7-8H2,1-3H3,(H2,14,15,17). The molecule has 1 rings (SSSR count). The second-order valence-corrected chi connectivity index (χ2v) is 3.80. The molecule has 0 bridgehead atoms. The quantitative estimate of drug-likeness (QED) is 0.749. The van der Waals surface area contributed by atoms with E-state index in [0.29, 0.717) is 18.0 Å². The zero-order valence-corrected chi connectivity index (χ0v) is 11.7. The number of methoxy groups -OCH3 is 3. The lowest BCUT2D eigenvalue weighted by molar-refractivity contribution is -0.139. The van der Waals surface area contributed by atoms with E-state index in [1.54, 1.807) is 19.2 Å². The van der Waals surface area contributed by atoms with E-state index in [2.05, 4.69) is 15.4 Å². The van der Waals surface area contributed by atoms with Gasteiger partial charge in [-0.15, -0.1) is 0 Å². The number of urea groups is 1. The van der Waals surface area contributed by atoms with Gasteiger partial charge in [0.05, 0.1) is 21.3 Å². The normalized spacial score (nSPS) is 9.55. The van der Waals surface area contributed by atoms with Crippen LogP contribution >= 0.6 is 0 Å². The molecular weight excluding hydrogens is 264 g/mol. The average molecular weight is 282 g/mol. The molecule has 0 fully saturated rings. The summed E-state index contributed by atoms with van der Waals surface area (Å²) in [4.78, 5) is 22.3. The predicted octanol–water partition coefficient (Wildman–Crippen LogP) is 0.676. The monoisotopic (exact) mass is 282 g/mol. The van der Waals surface area contributed by atoms with Gasteiger partial charge in [0, 0.05) is 6.54 Å². The molecule has 0 aliphatic rings. The van der Waals surface area contributed by atoms with Gasteiger partial charge in [-0.05, 0) is 17.7 Å². The highest BCUT2D eigenvalue weighted by atomic mass is 16.5. The van der Waals surface area contributed by atoms with Gasteiger partial charge in [-0.1, -0.05) is 6.07 Å². The number of hydrogen-bond donors (Lipinski definition) is 2. The van der Waals surface area contributed by atoms with Crippen LogP contribution in [-0.2, 0) is 16.1 Å². The number of nitrogens with one attached hydrogen (secondary N) is 2. The van der Waals surface area contributed by atoms with Gasteiger partial charge in [0.2, 0.25) is 0 Å². The smallest absolute Gasteiger partial charge is 0.325 e. The highest BCUT2D eigenvalue weighted by Gasteiger charge is 2.07. The molecule has 0 heterocycles. The predicted molar refractivity (Wildman–Crippen MR) is 71.8 cm³/mol. The third-order valence-electron chi connectivity index (χ3n) is 2.52. The molecule has 0 unspecified atom stereocenters. The van der Waals surface area contributed by atoms with E-state index in [0.717, 1.165) is 5.56 Å². The molecule has 0 radical (unpaired) electrons. The number of ether oxygens (including phenoxy) is 3. The fourth-order valence-corrected chi connectivity index (χ4v) is 1.46. The van der Waals surface area contributed by atoms with Gasteiger partial charge in [-0.2, -0.15) is 0 Å². The van der Waals surface area contributed by atoms with Crippen LogP contribution < -0.4 is 20.1 Å². The van der Waals surface area contributed by atoms with Crippen LogP contribution in [0.2, 0.25) is 0 Å². The number of esters is 1. The fourth-order valence-electron chi connectivity index (χ4n) is 1.46. The molecule has 0 aliphatic heterocycles. The summed E-state index contributed by atoms with van der Waals surface area (Å²) in [5.74, 6) is 0.694. The number of benzene rings is 1. The van der Waals surface area contributed by atoms with Crippen LogP contribution in [0.25, 0.3) is 0 Å². The molecule has 1 aromatic rings. The minimum Gasteiger partial charge on any atom is -0.493 e. The Hall–Kier alpha value is -2.44. The second-order valence-electron chi connectivity index (χ2n) is 3.80. The minimum absolute atomic E-state index is 0.172. The molecule has 0 saturated carbocycles. The van der Waals surface area contributed by atoms with Crippen LogP contribution in [0.4, 0.5) is 4.79 Å². The van der Waals surface area contributed by atoms with Crippen molar-refractivity contribution in [3.8, 4) is 11.5 Å². The van der Waals surface area contributed by atoms with Gasteiger partial charge in [0.15, 0.2) is 11.5 Å². The van der Waals surface area contributed by atoms with Crippen molar-refractivity contribution in [2.24, 2.45) is 0 Å². The van der Waals surface area contributed by atoms with Crippen LogP contribution in [0.15, 0.2) is 18.2 Å². The molecule has 110 valence electrons. The molecule has 0 saturated heterocycles. The number of carbonyl (C=O) groups excluding carboxylic acids is 2. The van der Waals surface area contributed by atoms with Gasteiger partial charge in [0.25, 0.3) is 0 Å². The number of carbonyl (C=O) groups is 2. The highest BCUT2D eigenvalue weighted by molar-refractivity contribution is 5.80. The van der Waals surface area contributed by atoms with E-state index in [1.807, 2.05) is 6.07 Å². The minimum atomic E-state index is -0.508. The van der Waals surface area contributed by atoms with Crippen LogP contribution in [0.3, 0.4) is 0 Å². The van der Waals surface area contributed by atoms with Crippen molar-refractivity contribution in [1.29, 1.82) is 0 Å². The average Bonchev–Trinajstić information content (AvgIpc) is 2.49. The van der Waals surface area contributed by atoms with E-state index in [-0.39, 0.29) is 6.54 Å². The van der Waals surface area contributed by atoms with Crippen molar-refractivity contribution < 1.29 is 23.8 Å². The third-order valence-corrected chi connectivity index (χ3v) is 2.52. The summed E-state index contributed by atoms with van der Waals surface area (Å²) in [6.07, 6.45) is 0. The molecule has 20 heavy (non-hydrogen) atoms. The van der Waals surface area contributed by atoms with Crippen molar-refractivity contribution in [2.45, 2.75) is 6.54 Å². The summed E-state index contributed by atoms with van der Waals surface area (Å²) in [6, 6.07) is 4.87. The van der Waals surface area contributed by atoms with E-state index in [4.69, 9.17) is 9.47 Å². The number of hydrogen-bond acceptors (Lipinski definition) is 5. The third kappa shape index (κ3) is 4.68. The van der Waals surface area contributed by atoms with E-state index >= 15 is 0 Å². The first kappa shape index (κ1) is 15.6. The van der Waals surface area contributed by atoms with Gasteiger partial charge in [0.1, 0.15) is 6.54 Å². The van der Waals surface area contributed by atoms with Crippen LogP contribution in [0.5, 0.6) is 11.5 Å². The summed E-state index contributed by atoms with van der Waals surface area (Å²) in [5, 5.41) is 4.99. The summed E-state index contributed by atoms with van der Waals surface area (Å²) in [5.41, 5.74) is 0.843. The number of amides is 2. The molecule has 0 aliphatic carbocycles. The SMILES string of the molecule is COC(=O)CNC(=O)NCc1ccc(OC)c(OC)c1. The fraction of sp³-hybridized carbons (Fsp3) is 0.385. The van der Waals surface area contributed by atoms with E-state index < -0.39 is 12.0 Å². The molecule has 0 spiro atoms. The van der Waals surface area contributed by atoms with Crippen molar-refractivity contribution >= 4 is 12.0 Å². The molecular formula is C13H18N2O5. The maximum atomic E-state index is 11.4. The largest absolute Gasteiger partial charge is 0.493 e. The lowest BCUT2D eigenvalue weighted by Gasteiger charge is -2.10. The zero-order valence-electron chi connectivity index (χ0n) is 11.7. The lowest BCUT2D eigenvalue weighted by Crippen LogP contribution is -2.38. The molecule has 2 N–H and O–H groups in total. The van der Waals surface area contributed by atoms with Gasteiger partial charge < -0.3 is 24.8 Å². The Morgan fingerprint density at radius 2 is 1.75 bits per heavy atom. The van der Waals surface area contributed by atoms with Crippen molar-refractivity contribution in [2.75, 3.05) is 27.9 Å². The first-order chi connectivity index (χ1) is 9.60. The van der Waals surface area contributed by atoms with Gasteiger partial charge in [-0.3, -0.25) is 4.79 Å². The van der Waals surface area contributed by atoms with Crippen molar-refractivity contribution in [1.82, 2.24) is 10.6 Å². The lowest BCUT2D eigenvalue weighted by atomic mass is 10.2. The maximum absolute atomic E-state index is 11.4. The Bertz CT molecular complexity index is 476. The Morgan fingerprint density at radius 1 is 1.05 bits per heavy atom. The Kier molecular flexibility index (Phi) is 6.15. The van der Waals surface area contributed by atoms with E-state index in [1.165, 1.54) is 14.2 Å². The molecule has 7 heteroatoms. The second kappa shape index (κ2) is 7.88. The van der Waals surface area contributed by atoms with Gasteiger partial charge >= 0.3 is 12.0 Å². The Morgan fingerprint density at radius 3 is 2.35 bits per heavy atom. The summed E-state index contributed by atoms with van der Waals surface area (Å²) < 4.78 is 14.7. The topological polar surface area (TPSA) is 85.9 Å². The highest BCUT2D eigenvalue weighted by Crippen LogP contribution is 2.27. The Labute approximate surface area is 117 Å². The molecule has 1 aromatic carbocycles. The van der Waals surface area contributed by atoms with Crippen LogP contribution in [0.1, 0.15) is 5.56 Å².